The molecule has 1 aliphatic heterocycles. The summed E-state index contributed by atoms with van der Waals surface area (Å²) in [4.78, 5) is 27.7. The van der Waals surface area contributed by atoms with Crippen molar-refractivity contribution in [3.8, 4) is 11.5 Å². The van der Waals surface area contributed by atoms with Crippen molar-refractivity contribution in [2.24, 2.45) is 0 Å². The third kappa shape index (κ3) is 4.63. The number of para-hydroxylation sites is 1. The molecule has 0 N–H and O–H groups in total. The van der Waals surface area contributed by atoms with E-state index in [9.17, 15) is 19.3 Å². The van der Waals surface area contributed by atoms with Crippen molar-refractivity contribution in [3.05, 3.63) is 94.3 Å². The molecule has 1 saturated heterocycles. The third-order valence-corrected chi connectivity index (χ3v) is 5.13. The molecule has 0 spiro atoms. The summed E-state index contributed by atoms with van der Waals surface area (Å²) in [5, 5.41) is 11.3. The van der Waals surface area contributed by atoms with Crippen molar-refractivity contribution < 1.29 is 18.8 Å². The average molecular weight is 421 g/mol. The van der Waals surface area contributed by atoms with E-state index in [1.165, 1.54) is 30.3 Å². The number of ether oxygens (including phenoxy) is 1. The molecular weight excluding hydrogens is 401 g/mol. The number of non-ortho nitro benzene ring substituents is 1. The molecule has 1 fully saturated rings. The van der Waals surface area contributed by atoms with E-state index in [2.05, 4.69) is 4.90 Å². The highest BCUT2D eigenvalue weighted by molar-refractivity contribution is 5.98. The number of nitro benzene ring substituents is 1. The van der Waals surface area contributed by atoms with E-state index in [1.54, 1.807) is 41.3 Å². The van der Waals surface area contributed by atoms with Crippen LogP contribution in [-0.2, 0) is 0 Å². The van der Waals surface area contributed by atoms with E-state index in [0.717, 1.165) is 5.69 Å². The van der Waals surface area contributed by atoms with Gasteiger partial charge in [0.25, 0.3) is 11.6 Å². The summed E-state index contributed by atoms with van der Waals surface area (Å²) in [6.45, 7) is 2.01. The van der Waals surface area contributed by atoms with Gasteiger partial charge in [0.2, 0.25) is 0 Å². The molecule has 158 valence electrons. The van der Waals surface area contributed by atoms with Crippen LogP contribution in [0.15, 0.2) is 72.8 Å². The number of benzene rings is 3. The fourth-order valence-electron chi connectivity index (χ4n) is 3.49. The van der Waals surface area contributed by atoms with Crippen LogP contribution in [0.25, 0.3) is 0 Å². The topological polar surface area (TPSA) is 75.9 Å². The van der Waals surface area contributed by atoms with Crippen LogP contribution in [0.4, 0.5) is 15.8 Å². The van der Waals surface area contributed by atoms with Crippen LogP contribution < -0.4 is 9.64 Å². The molecule has 1 aliphatic rings. The number of anilines is 1. The van der Waals surface area contributed by atoms with Crippen molar-refractivity contribution in [2.75, 3.05) is 31.1 Å². The number of nitro groups is 1. The zero-order valence-electron chi connectivity index (χ0n) is 16.6. The van der Waals surface area contributed by atoms with Gasteiger partial charge in [-0.15, -0.1) is 0 Å². The Hall–Kier alpha value is -3.94. The van der Waals surface area contributed by atoms with E-state index < -0.39 is 4.92 Å². The van der Waals surface area contributed by atoms with Crippen LogP contribution in [0, 0.1) is 15.9 Å². The van der Waals surface area contributed by atoms with E-state index in [-0.39, 0.29) is 28.7 Å². The van der Waals surface area contributed by atoms with Crippen molar-refractivity contribution in [1.29, 1.82) is 0 Å². The number of hydrogen-bond acceptors (Lipinski definition) is 5. The van der Waals surface area contributed by atoms with Crippen molar-refractivity contribution in [2.45, 2.75) is 0 Å². The SMILES string of the molecule is O=C(c1cc([N+](=O)[O-])ccc1Oc1ccccc1)N1CCN(c2ccc(F)cc2)CC1. The van der Waals surface area contributed by atoms with Gasteiger partial charge in [-0.3, -0.25) is 14.9 Å². The first-order chi connectivity index (χ1) is 15.0. The van der Waals surface area contributed by atoms with Gasteiger partial charge in [0.1, 0.15) is 17.3 Å². The quantitative estimate of drug-likeness (QED) is 0.448. The van der Waals surface area contributed by atoms with Crippen LogP contribution in [0.3, 0.4) is 0 Å². The first-order valence-electron chi connectivity index (χ1n) is 9.82. The number of carbonyl (C=O) groups is 1. The van der Waals surface area contributed by atoms with E-state index in [1.807, 2.05) is 6.07 Å². The molecule has 0 aliphatic carbocycles. The Morgan fingerprint density at radius 2 is 1.61 bits per heavy atom. The minimum Gasteiger partial charge on any atom is -0.457 e. The maximum Gasteiger partial charge on any atom is 0.270 e. The van der Waals surface area contributed by atoms with E-state index >= 15 is 0 Å². The van der Waals surface area contributed by atoms with Gasteiger partial charge in [0, 0.05) is 44.0 Å². The Kier molecular flexibility index (Phi) is 5.79. The van der Waals surface area contributed by atoms with Crippen molar-refractivity contribution in [3.63, 3.8) is 0 Å². The maximum atomic E-state index is 13.2. The first kappa shape index (κ1) is 20.3. The van der Waals surface area contributed by atoms with Crippen LogP contribution in [-0.4, -0.2) is 41.9 Å². The van der Waals surface area contributed by atoms with Gasteiger partial charge >= 0.3 is 0 Å². The van der Waals surface area contributed by atoms with Gasteiger partial charge in [0.15, 0.2) is 0 Å². The molecule has 0 radical (unpaired) electrons. The summed E-state index contributed by atoms with van der Waals surface area (Å²) in [6.07, 6.45) is 0. The highest BCUT2D eigenvalue weighted by Crippen LogP contribution is 2.30. The van der Waals surface area contributed by atoms with Gasteiger partial charge < -0.3 is 14.5 Å². The average Bonchev–Trinajstić information content (AvgIpc) is 2.80. The number of rotatable bonds is 5. The normalized spacial score (nSPS) is 13.7. The highest BCUT2D eigenvalue weighted by atomic mass is 19.1. The molecule has 0 saturated carbocycles. The second-order valence-electron chi connectivity index (χ2n) is 7.11. The number of hydrogen-bond donors (Lipinski definition) is 0. The third-order valence-electron chi connectivity index (χ3n) is 5.13. The Morgan fingerprint density at radius 3 is 2.26 bits per heavy atom. The van der Waals surface area contributed by atoms with Crippen molar-refractivity contribution >= 4 is 17.3 Å². The zero-order valence-corrected chi connectivity index (χ0v) is 16.6. The fraction of sp³-hybridized carbons (Fsp3) is 0.174. The number of nitrogens with zero attached hydrogens (tertiary/aromatic N) is 3. The van der Waals surface area contributed by atoms with Crippen LogP contribution >= 0.6 is 0 Å². The van der Waals surface area contributed by atoms with Crippen LogP contribution in [0.1, 0.15) is 10.4 Å². The molecule has 1 heterocycles. The number of amides is 1. The number of carbonyl (C=O) groups excluding carboxylic acids is 1. The molecule has 3 aromatic carbocycles. The molecule has 31 heavy (non-hydrogen) atoms. The maximum absolute atomic E-state index is 13.2. The standard InChI is InChI=1S/C23H20FN3O4/c24-17-6-8-18(9-7-17)25-12-14-26(15-13-25)23(28)21-16-19(27(29)30)10-11-22(21)31-20-4-2-1-3-5-20/h1-11,16H,12-15H2. The molecule has 4 rings (SSSR count). The lowest BCUT2D eigenvalue weighted by Crippen LogP contribution is -2.48. The van der Waals surface area contributed by atoms with Gasteiger partial charge in [-0.1, -0.05) is 18.2 Å². The first-order valence-corrected chi connectivity index (χ1v) is 9.82. The zero-order chi connectivity index (χ0) is 21.8. The summed E-state index contributed by atoms with van der Waals surface area (Å²) in [5.41, 5.74) is 0.860. The second kappa shape index (κ2) is 8.83. The molecule has 0 aromatic heterocycles. The number of piperazine rings is 1. The fourth-order valence-corrected chi connectivity index (χ4v) is 3.49. The molecule has 7 nitrogen and oxygen atoms in total. The lowest BCUT2D eigenvalue weighted by molar-refractivity contribution is -0.384. The summed E-state index contributed by atoms with van der Waals surface area (Å²) in [6, 6.07) is 19.2. The highest BCUT2D eigenvalue weighted by Gasteiger charge is 2.26. The van der Waals surface area contributed by atoms with Crippen LogP contribution in [0.2, 0.25) is 0 Å². The lowest BCUT2D eigenvalue weighted by Gasteiger charge is -2.36. The Bertz CT molecular complexity index is 1080. The summed E-state index contributed by atoms with van der Waals surface area (Å²) in [7, 11) is 0. The second-order valence-corrected chi connectivity index (χ2v) is 7.11. The van der Waals surface area contributed by atoms with E-state index in [0.29, 0.717) is 31.9 Å². The number of halogens is 1. The Morgan fingerprint density at radius 1 is 0.935 bits per heavy atom. The lowest BCUT2D eigenvalue weighted by atomic mass is 10.1. The van der Waals surface area contributed by atoms with Crippen LogP contribution in [0.5, 0.6) is 11.5 Å². The summed E-state index contributed by atoms with van der Waals surface area (Å²) in [5.74, 6) is 0.178. The molecule has 0 bridgehead atoms. The predicted molar refractivity (Wildman–Crippen MR) is 114 cm³/mol. The minimum atomic E-state index is -0.532. The smallest absolute Gasteiger partial charge is 0.270 e. The van der Waals surface area contributed by atoms with Gasteiger partial charge in [-0.25, -0.2) is 4.39 Å². The monoisotopic (exact) mass is 421 g/mol. The Balaban J connectivity index is 1.53. The van der Waals surface area contributed by atoms with Crippen molar-refractivity contribution in [1.82, 2.24) is 4.90 Å². The minimum absolute atomic E-state index is 0.147. The summed E-state index contributed by atoms with van der Waals surface area (Å²) < 4.78 is 19.0. The molecule has 0 unspecified atom stereocenters. The van der Waals surface area contributed by atoms with E-state index in [4.69, 9.17) is 4.74 Å². The molecule has 0 atom stereocenters. The Labute approximate surface area is 178 Å². The molecular formula is C23H20FN3O4. The molecule has 3 aromatic rings. The van der Waals surface area contributed by atoms with Gasteiger partial charge in [-0.2, -0.15) is 0 Å². The molecule has 1 amide bonds. The van der Waals surface area contributed by atoms with Gasteiger partial charge in [0.05, 0.1) is 10.5 Å². The van der Waals surface area contributed by atoms with Gasteiger partial charge in [-0.05, 0) is 42.5 Å². The largest absolute Gasteiger partial charge is 0.457 e. The predicted octanol–water partition coefficient (Wildman–Crippen LogP) is 4.49. The molecule has 8 heteroatoms. The summed E-state index contributed by atoms with van der Waals surface area (Å²) >= 11 is 0.